The molecule has 3 heterocycles. The summed E-state index contributed by atoms with van der Waals surface area (Å²) in [6.45, 7) is 2.05. The summed E-state index contributed by atoms with van der Waals surface area (Å²) in [6, 6.07) is 9.00. The summed E-state index contributed by atoms with van der Waals surface area (Å²) < 4.78 is 1.81. The van der Waals surface area contributed by atoms with Crippen LogP contribution in [0.25, 0.3) is 11.8 Å². The molecule has 28 heavy (non-hydrogen) atoms. The zero-order chi connectivity index (χ0) is 19.8. The molecule has 2 aliphatic heterocycles. The van der Waals surface area contributed by atoms with Crippen LogP contribution in [0.4, 0.5) is 0 Å². The fraction of sp³-hybridized carbons (Fsp3) is 0.158. The molecule has 2 aromatic rings. The molecule has 0 radical (unpaired) electrons. The minimum Gasteiger partial charge on any atom is -0.316 e. The molecular formula is C19H15Cl2N5OS. The molecule has 0 aliphatic carbocycles. The second-order valence-corrected chi connectivity index (χ2v) is 7.97. The monoisotopic (exact) mass is 431 g/mol. The number of hydrogen-bond acceptors (Lipinski definition) is 4. The Labute approximate surface area is 176 Å². The lowest BCUT2D eigenvalue weighted by atomic mass is 10.1. The average Bonchev–Trinajstić information content (AvgIpc) is 3.28. The largest absolute Gasteiger partial charge is 0.316 e. The van der Waals surface area contributed by atoms with E-state index in [0.717, 1.165) is 17.9 Å². The zero-order valence-electron chi connectivity index (χ0n) is 14.8. The number of thioether (sulfide) groups is 1. The molecule has 2 aliphatic rings. The van der Waals surface area contributed by atoms with Crippen LogP contribution in [0, 0.1) is 5.41 Å². The first-order chi connectivity index (χ1) is 13.5. The summed E-state index contributed by atoms with van der Waals surface area (Å²) in [5, 5.41) is 16.4. The quantitative estimate of drug-likeness (QED) is 0.675. The molecule has 6 nitrogen and oxygen atoms in total. The average molecular weight is 432 g/mol. The summed E-state index contributed by atoms with van der Waals surface area (Å²) in [7, 11) is 0. The number of aliphatic imine (C=N–C) groups is 1. The molecular weight excluding hydrogens is 417 g/mol. The summed E-state index contributed by atoms with van der Waals surface area (Å²) in [5.41, 5.74) is 1.54. The van der Waals surface area contributed by atoms with E-state index in [0.29, 0.717) is 26.6 Å². The van der Waals surface area contributed by atoms with Crippen molar-refractivity contribution in [3.8, 4) is 5.69 Å². The van der Waals surface area contributed by atoms with Crippen LogP contribution in [0.5, 0.6) is 0 Å². The van der Waals surface area contributed by atoms with Crippen molar-refractivity contribution in [3.05, 3.63) is 57.8 Å². The van der Waals surface area contributed by atoms with Gasteiger partial charge < -0.3 is 4.57 Å². The van der Waals surface area contributed by atoms with Crippen molar-refractivity contribution in [1.29, 1.82) is 5.41 Å². The van der Waals surface area contributed by atoms with Crippen molar-refractivity contribution in [1.82, 2.24) is 9.58 Å². The highest BCUT2D eigenvalue weighted by atomic mass is 35.5. The van der Waals surface area contributed by atoms with Gasteiger partial charge in [0.15, 0.2) is 5.84 Å². The fourth-order valence-corrected chi connectivity index (χ4v) is 4.28. The van der Waals surface area contributed by atoms with Gasteiger partial charge in [-0.3, -0.25) is 10.2 Å². The number of hydrazone groups is 1. The Bertz CT molecular complexity index is 1090. The van der Waals surface area contributed by atoms with E-state index in [1.165, 1.54) is 16.8 Å². The van der Waals surface area contributed by atoms with Crippen LogP contribution >= 0.6 is 35.0 Å². The fourth-order valence-electron chi connectivity index (χ4n) is 2.90. The Morgan fingerprint density at radius 3 is 2.86 bits per heavy atom. The maximum atomic E-state index is 12.6. The molecule has 0 saturated carbocycles. The minimum absolute atomic E-state index is 0.0125. The van der Waals surface area contributed by atoms with E-state index in [9.17, 15) is 4.79 Å². The Balaban J connectivity index is 1.73. The highest BCUT2D eigenvalue weighted by Gasteiger charge is 2.35. The van der Waals surface area contributed by atoms with Crippen molar-refractivity contribution >= 4 is 63.0 Å². The number of halogens is 2. The van der Waals surface area contributed by atoms with Crippen LogP contribution in [0.15, 0.2) is 52.2 Å². The number of rotatable bonds is 4. The Hall–Kier alpha value is -2.35. The summed E-state index contributed by atoms with van der Waals surface area (Å²) in [4.78, 5) is 16.7. The zero-order valence-corrected chi connectivity index (χ0v) is 17.1. The number of nitrogens with one attached hydrogen (secondary N) is 1. The lowest BCUT2D eigenvalue weighted by Crippen LogP contribution is -2.35. The van der Waals surface area contributed by atoms with E-state index in [2.05, 4.69) is 17.0 Å². The number of amidine groups is 2. The van der Waals surface area contributed by atoms with Gasteiger partial charge in [0, 0.05) is 11.9 Å². The molecule has 142 valence electrons. The number of fused-ring (bicyclic) bond motifs is 1. The van der Waals surface area contributed by atoms with E-state index in [-0.39, 0.29) is 11.4 Å². The lowest BCUT2D eigenvalue weighted by molar-refractivity contribution is -0.114. The maximum Gasteiger partial charge on any atom is 0.283 e. The molecule has 0 fully saturated rings. The molecule has 0 spiro atoms. The van der Waals surface area contributed by atoms with E-state index in [4.69, 9.17) is 28.6 Å². The molecule has 1 amide bonds. The number of carbonyl (C=O) groups is 1. The Morgan fingerprint density at radius 2 is 2.07 bits per heavy atom. The van der Waals surface area contributed by atoms with Crippen molar-refractivity contribution in [2.45, 2.75) is 19.8 Å². The normalized spacial score (nSPS) is 17.8. The predicted molar refractivity (Wildman–Crippen MR) is 116 cm³/mol. The van der Waals surface area contributed by atoms with Gasteiger partial charge in [-0.2, -0.15) is 15.1 Å². The Morgan fingerprint density at radius 1 is 1.25 bits per heavy atom. The van der Waals surface area contributed by atoms with Crippen molar-refractivity contribution in [2.75, 3.05) is 0 Å². The predicted octanol–water partition coefficient (Wildman–Crippen LogP) is 5.20. The van der Waals surface area contributed by atoms with Crippen LogP contribution in [-0.4, -0.2) is 31.5 Å². The maximum absolute atomic E-state index is 12.6. The van der Waals surface area contributed by atoms with Crippen LogP contribution in [0.2, 0.25) is 10.0 Å². The third-order valence-electron chi connectivity index (χ3n) is 4.22. The second-order valence-electron chi connectivity index (χ2n) is 6.14. The van der Waals surface area contributed by atoms with E-state index < -0.39 is 5.91 Å². The third kappa shape index (κ3) is 3.30. The summed E-state index contributed by atoms with van der Waals surface area (Å²) in [5.74, 6) is -0.444. The number of benzene rings is 1. The molecule has 1 aromatic heterocycles. The van der Waals surface area contributed by atoms with E-state index in [1.54, 1.807) is 18.2 Å². The Kier molecular flexibility index (Phi) is 5.14. The molecule has 0 saturated heterocycles. The van der Waals surface area contributed by atoms with Crippen molar-refractivity contribution < 1.29 is 4.79 Å². The van der Waals surface area contributed by atoms with Gasteiger partial charge in [0.2, 0.25) is 5.17 Å². The van der Waals surface area contributed by atoms with Gasteiger partial charge in [0.25, 0.3) is 5.91 Å². The van der Waals surface area contributed by atoms with Gasteiger partial charge >= 0.3 is 0 Å². The van der Waals surface area contributed by atoms with Crippen LogP contribution in [0.1, 0.15) is 25.5 Å². The molecule has 0 unspecified atom stereocenters. The van der Waals surface area contributed by atoms with E-state index >= 15 is 0 Å². The molecule has 1 N–H and O–H groups in total. The van der Waals surface area contributed by atoms with Crippen LogP contribution < -0.4 is 0 Å². The van der Waals surface area contributed by atoms with Gasteiger partial charge in [0.1, 0.15) is 5.04 Å². The highest BCUT2D eigenvalue weighted by Crippen LogP contribution is 2.32. The first-order valence-electron chi connectivity index (χ1n) is 8.60. The number of amides is 1. The van der Waals surface area contributed by atoms with Gasteiger partial charge in [0.05, 0.1) is 21.3 Å². The van der Waals surface area contributed by atoms with Gasteiger partial charge in [-0.1, -0.05) is 36.2 Å². The number of aromatic nitrogens is 1. The number of carbonyl (C=O) groups excluding carboxylic acids is 1. The van der Waals surface area contributed by atoms with Crippen molar-refractivity contribution in [2.24, 2.45) is 10.1 Å². The molecule has 9 heteroatoms. The topological polar surface area (TPSA) is 73.8 Å². The molecule has 0 bridgehead atoms. The van der Waals surface area contributed by atoms with Crippen LogP contribution in [-0.2, 0) is 4.79 Å². The van der Waals surface area contributed by atoms with Gasteiger partial charge in [-0.15, -0.1) is 0 Å². The van der Waals surface area contributed by atoms with Gasteiger partial charge in [-0.05, 0) is 54.9 Å². The first-order valence-corrected chi connectivity index (χ1v) is 10.2. The smallest absolute Gasteiger partial charge is 0.283 e. The molecule has 1 aromatic carbocycles. The molecule has 0 atom stereocenters. The van der Waals surface area contributed by atoms with Gasteiger partial charge in [-0.25, -0.2) is 0 Å². The van der Waals surface area contributed by atoms with E-state index in [1.807, 2.05) is 29.0 Å². The standard InChI is InChI=1S/C19H15Cl2N5OS/c1-2-5-15-24-26-17(22)12(18(27)23-19(26)28-15)10-11-6-4-9-25(11)14-8-3-7-13(20)16(14)21/h3-4,6-10,22H,2,5H2,1H3/b12-10+,22-17?. The molecule has 4 rings (SSSR count). The first kappa shape index (κ1) is 19.0. The lowest BCUT2D eigenvalue weighted by Gasteiger charge is -2.20. The summed E-state index contributed by atoms with van der Waals surface area (Å²) in [6.07, 6.45) is 5.17. The SMILES string of the molecule is CCCC1=NN2C(=N)/C(=C\c3cccn3-c3cccc(Cl)c3Cl)C(=O)N=C2S1. The third-order valence-corrected chi connectivity index (χ3v) is 6.00. The minimum atomic E-state index is -0.457. The summed E-state index contributed by atoms with van der Waals surface area (Å²) >= 11 is 13.8. The second kappa shape index (κ2) is 7.58. The van der Waals surface area contributed by atoms with Crippen molar-refractivity contribution in [3.63, 3.8) is 0 Å². The highest BCUT2D eigenvalue weighted by molar-refractivity contribution is 8.26. The number of nitrogens with zero attached hydrogens (tertiary/aromatic N) is 4. The van der Waals surface area contributed by atoms with Crippen LogP contribution in [0.3, 0.4) is 0 Å². The number of hydrogen-bond donors (Lipinski definition) is 1.